The van der Waals surface area contributed by atoms with E-state index in [1.807, 2.05) is 6.07 Å². The van der Waals surface area contributed by atoms with Gasteiger partial charge in [0.1, 0.15) is 6.61 Å². The molecule has 26 heavy (non-hydrogen) atoms. The Hall–Kier alpha value is -2.09. The van der Waals surface area contributed by atoms with Gasteiger partial charge in [-0.25, -0.2) is 18.0 Å². The quantitative estimate of drug-likeness (QED) is 0.701. The predicted octanol–water partition coefficient (Wildman–Crippen LogP) is 2.50. The van der Waals surface area contributed by atoms with Crippen LogP contribution in [0.5, 0.6) is 0 Å². The van der Waals surface area contributed by atoms with Crippen LogP contribution in [-0.4, -0.2) is 49.2 Å². The van der Waals surface area contributed by atoms with E-state index in [1.165, 1.54) is 18.7 Å². The average Bonchev–Trinajstić information content (AvgIpc) is 2.65. The van der Waals surface area contributed by atoms with Crippen LogP contribution < -0.4 is 0 Å². The van der Waals surface area contributed by atoms with E-state index in [1.54, 1.807) is 24.3 Å². The maximum atomic E-state index is 12.5. The molecule has 0 bridgehead atoms. The number of piperidine rings is 1. The van der Waals surface area contributed by atoms with E-state index in [2.05, 4.69) is 0 Å². The summed E-state index contributed by atoms with van der Waals surface area (Å²) in [7, 11) is -4.02. The van der Waals surface area contributed by atoms with Crippen molar-refractivity contribution >= 4 is 21.9 Å². The van der Waals surface area contributed by atoms with Crippen LogP contribution in [0.25, 0.3) is 0 Å². The molecule has 1 amide bonds. The number of hydrogen-bond acceptors (Lipinski definition) is 6. The summed E-state index contributed by atoms with van der Waals surface area (Å²) in [6.45, 7) is 3.76. The number of nitrogens with zero attached hydrogens (tertiary/aromatic N) is 1. The summed E-state index contributed by atoms with van der Waals surface area (Å²) in [5.41, 5.74) is -1.25. The fraction of sp³-hybridized carbons (Fsp3) is 0.556. The van der Waals surface area contributed by atoms with E-state index in [0.717, 1.165) is 19.3 Å². The minimum atomic E-state index is -4.02. The molecule has 0 spiro atoms. The van der Waals surface area contributed by atoms with Gasteiger partial charge in [0.05, 0.1) is 5.25 Å². The van der Waals surface area contributed by atoms with Crippen LogP contribution in [0.4, 0.5) is 4.79 Å². The topological polar surface area (TPSA) is 90.0 Å². The molecular weight excluding hydrogens is 358 g/mol. The highest BCUT2D eigenvalue weighted by Gasteiger charge is 2.41. The first-order valence-electron chi connectivity index (χ1n) is 8.71. The van der Waals surface area contributed by atoms with Gasteiger partial charge in [-0.05, 0) is 38.7 Å². The van der Waals surface area contributed by atoms with E-state index in [4.69, 9.17) is 9.47 Å². The van der Waals surface area contributed by atoms with E-state index in [-0.39, 0.29) is 6.61 Å². The van der Waals surface area contributed by atoms with Crippen LogP contribution >= 0.6 is 0 Å². The Kier molecular flexibility index (Phi) is 7.02. The monoisotopic (exact) mass is 383 g/mol. The zero-order chi connectivity index (χ0) is 19.2. The molecule has 0 saturated carbocycles. The number of ether oxygens (including phenoxy) is 2. The maximum Gasteiger partial charge on any atom is 0.411 e. The molecule has 0 radical (unpaired) electrons. The number of likely N-dealkylation sites (tertiary alicyclic amines) is 1. The molecule has 1 heterocycles. The van der Waals surface area contributed by atoms with Crippen LogP contribution in [0.3, 0.4) is 0 Å². The highest BCUT2D eigenvalue weighted by atomic mass is 32.2. The van der Waals surface area contributed by atoms with Gasteiger partial charge in [-0.15, -0.1) is 0 Å². The summed E-state index contributed by atoms with van der Waals surface area (Å²) in [6.07, 6.45) is 1.87. The first-order valence-corrected chi connectivity index (χ1v) is 10.3. The largest absolute Gasteiger partial charge is 0.457 e. The van der Waals surface area contributed by atoms with Crippen molar-refractivity contribution in [2.45, 2.75) is 50.4 Å². The Bertz CT molecular complexity index is 710. The molecule has 1 aliphatic heterocycles. The van der Waals surface area contributed by atoms with Crippen molar-refractivity contribution in [3.63, 3.8) is 0 Å². The molecule has 0 aliphatic carbocycles. The van der Waals surface area contributed by atoms with Crippen molar-refractivity contribution < 1.29 is 27.5 Å². The lowest BCUT2D eigenvalue weighted by Gasteiger charge is -2.28. The minimum absolute atomic E-state index is 0.0922. The van der Waals surface area contributed by atoms with E-state index >= 15 is 0 Å². The second kappa shape index (κ2) is 9.02. The summed E-state index contributed by atoms with van der Waals surface area (Å²) < 4.78 is 35.2. The summed E-state index contributed by atoms with van der Waals surface area (Å²) in [5.74, 6) is -1.08. The highest BCUT2D eigenvalue weighted by Crippen LogP contribution is 2.17. The van der Waals surface area contributed by atoms with Crippen molar-refractivity contribution in [2.24, 2.45) is 0 Å². The molecule has 1 saturated heterocycles. The molecule has 1 aromatic rings. The molecule has 8 heteroatoms. The number of rotatable bonds is 6. The number of benzene rings is 1. The van der Waals surface area contributed by atoms with Gasteiger partial charge in [0, 0.05) is 13.1 Å². The predicted molar refractivity (Wildman–Crippen MR) is 96.0 cm³/mol. The lowest BCUT2D eigenvalue weighted by atomic mass is 10.1. The zero-order valence-electron chi connectivity index (χ0n) is 15.1. The molecule has 2 rings (SSSR count). The van der Waals surface area contributed by atoms with Gasteiger partial charge in [0.2, 0.25) is 9.84 Å². The van der Waals surface area contributed by atoms with E-state index in [9.17, 15) is 18.0 Å². The lowest BCUT2D eigenvalue weighted by Crippen LogP contribution is -2.45. The first-order chi connectivity index (χ1) is 12.3. The van der Waals surface area contributed by atoms with Crippen molar-refractivity contribution in [2.75, 3.05) is 13.1 Å². The van der Waals surface area contributed by atoms with Crippen molar-refractivity contribution in [3.05, 3.63) is 35.9 Å². The molecule has 1 aliphatic rings. The highest BCUT2D eigenvalue weighted by molar-refractivity contribution is 7.93. The Morgan fingerprint density at radius 3 is 2.27 bits per heavy atom. The SMILES string of the molecule is CC(C)S(=O)(=O)C(OC(=O)N1CCCCC1)C(=O)OCc1ccccc1. The Morgan fingerprint density at radius 2 is 1.69 bits per heavy atom. The normalized spacial score (nSPS) is 16.2. The second-order valence-corrected chi connectivity index (χ2v) is 9.04. The van der Waals surface area contributed by atoms with E-state index in [0.29, 0.717) is 18.7 Å². The van der Waals surface area contributed by atoms with Crippen LogP contribution in [0.2, 0.25) is 0 Å². The standard InChI is InChI=1S/C18H25NO6S/c1-14(2)26(22,23)17(25-18(21)19-11-7-4-8-12-19)16(20)24-13-15-9-5-3-6-10-15/h3,5-6,9-10,14,17H,4,7-8,11-13H2,1-2H3. The van der Waals surface area contributed by atoms with Gasteiger partial charge in [0.25, 0.3) is 5.44 Å². The number of carbonyl (C=O) groups is 2. The first kappa shape index (κ1) is 20.2. The molecule has 1 unspecified atom stereocenters. The number of carbonyl (C=O) groups excluding carboxylic acids is 2. The molecule has 1 fully saturated rings. The van der Waals surface area contributed by atoms with Crippen LogP contribution in [-0.2, 0) is 30.7 Å². The van der Waals surface area contributed by atoms with E-state index < -0.39 is 32.6 Å². The number of amides is 1. The summed E-state index contributed by atoms with van der Waals surface area (Å²) >= 11 is 0. The Morgan fingerprint density at radius 1 is 1.08 bits per heavy atom. The zero-order valence-corrected chi connectivity index (χ0v) is 15.9. The maximum absolute atomic E-state index is 12.5. The number of sulfone groups is 1. The smallest absolute Gasteiger partial charge is 0.411 e. The van der Waals surface area contributed by atoms with Crippen molar-refractivity contribution in [1.29, 1.82) is 0 Å². The van der Waals surface area contributed by atoms with Crippen molar-refractivity contribution in [3.8, 4) is 0 Å². The average molecular weight is 383 g/mol. The van der Waals surface area contributed by atoms with Gasteiger partial charge < -0.3 is 14.4 Å². The van der Waals surface area contributed by atoms with Crippen LogP contribution in [0.15, 0.2) is 30.3 Å². The fourth-order valence-corrected chi connectivity index (χ4v) is 3.58. The Labute approximate surface area is 154 Å². The minimum Gasteiger partial charge on any atom is -0.457 e. The molecule has 144 valence electrons. The van der Waals surface area contributed by atoms with Gasteiger partial charge in [0.15, 0.2) is 0 Å². The molecule has 0 aromatic heterocycles. The third-order valence-electron chi connectivity index (χ3n) is 4.19. The van der Waals surface area contributed by atoms with Crippen LogP contribution in [0, 0.1) is 0 Å². The fourth-order valence-electron chi connectivity index (χ4n) is 2.54. The molecule has 1 aromatic carbocycles. The Balaban J connectivity index is 2.09. The summed E-state index contributed by atoms with van der Waals surface area (Å²) in [5, 5.41) is -0.883. The van der Waals surface area contributed by atoms with Crippen LogP contribution in [0.1, 0.15) is 38.7 Å². The molecule has 1 atom stereocenters. The van der Waals surface area contributed by atoms with Crippen molar-refractivity contribution in [1.82, 2.24) is 4.90 Å². The molecule has 0 N–H and O–H groups in total. The second-order valence-electron chi connectivity index (χ2n) is 6.49. The number of esters is 1. The number of hydrogen-bond donors (Lipinski definition) is 0. The lowest BCUT2D eigenvalue weighted by molar-refractivity contribution is -0.151. The third kappa shape index (κ3) is 5.20. The third-order valence-corrected chi connectivity index (χ3v) is 6.39. The summed E-state index contributed by atoms with van der Waals surface area (Å²) in [6, 6.07) is 8.87. The summed E-state index contributed by atoms with van der Waals surface area (Å²) in [4.78, 5) is 26.1. The van der Waals surface area contributed by atoms with Gasteiger partial charge in [-0.2, -0.15) is 0 Å². The van der Waals surface area contributed by atoms with Gasteiger partial charge in [-0.3, -0.25) is 0 Å². The van der Waals surface area contributed by atoms with Gasteiger partial charge >= 0.3 is 12.1 Å². The molecular formula is C18H25NO6S. The molecule has 7 nitrogen and oxygen atoms in total. The van der Waals surface area contributed by atoms with Gasteiger partial charge in [-0.1, -0.05) is 30.3 Å².